The van der Waals surface area contributed by atoms with Gasteiger partial charge in [0.2, 0.25) is 0 Å². The highest BCUT2D eigenvalue weighted by atomic mass is 19.1. The number of nitrogens with two attached hydrogens (primary N) is 1. The molecule has 2 N–H and O–H groups in total. The van der Waals surface area contributed by atoms with Crippen molar-refractivity contribution in [2.24, 2.45) is 0 Å². The van der Waals surface area contributed by atoms with Crippen molar-refractivity contribution in [3.05, 3.63) is 59.8 Å². The van der Waals surface area contributed by atoms with Gasteiger partial charge in [0.1, 0.15) is 17.2 Å². The van der Waals surface area contributed by atoms with Gasteiger partial charge in [-0.05, 0) is 31.5 Å². The standard InChI is InChI=1S/C19H17FN6O2/c1-3-28-19(27)15-10-22-25(17(15)21)16-8-11(2)24-18-14(9-23-26(16)18)12-4-6-13(20)7-5-12/h4-10H,3,21H2,1-2H3. The fourth-order valence-corrected chi connectivity index (χ4v) is 2.96. The normalized spacial score (nSPS) is 11.1. The minimum atomic E-state index is -0.541. The van der Waals surface area contributed by atoms with Crippen LogP contribution in [0.3, 0.4) is 0 Å². The highest BCUT2D eigenvalue weighted by molar-refractivity contribution is 5.94. The van der Waals surface area contributed by atoms with E-state index in [2.05, 4.69) is 15.2 Å². The Morgan fingerprint density at radius 1 is 1.21 bits per heavy atom. The van der Waals surface area contributed by atoms with Gasteiger partial charge >= 0.3 is 5.97 Å². The summed E-state index contributed by atoms with van der Waals surface area (Å²) in [5.41, 5.74) is 9.10. The van der Waals surface area contributed by atoms with E-state index in [4.69, 9.17) is 10.5 Å². The van der Waals surface area contributed by atoms with E-state index in [9.17, 15) is 9.18 Å². The average molecular weight is 380 g/mol. The molecule has 3 aromatic heterocycles. The number of benzene rings is 1. The number of aromatic nitrogens is 5. The van der Waals surface area contributed by atoms with Crippen molar-refractivity contribution in [3.8, 4) is 16.9 Å². The van der Waals surface area contributed by atoms with Gasteiger partial charge < -0.3 is 10.5 Å². The second kappa shape index (κ2) is 6.76. The summed E-state index contributed by atoms with van der Waals surface area (Å²) in [6.45, 7) is 3.79. The van der Waals surface area contributed by atoms with E-state index in [0.29, 0.717) is 17.2 Å². The van der Waals surface area contributed by atoms with E-state index < -0.39 is 5.97 Å². The van der Waals surface area contributed by atoms with Crippen molar-refractivity contribution in [1.29, 1.82) is 0 Å². The van der Waals surface area contributed by atoms with Gasteiger partial charge in [-0.3, -0.25) is 0 Å². The highest BCUT2D eigenvalue weighted by Crippen LogP contribution is 2.26. The number of anilines is 1. The Morgan fingerprint density at radius 2 is 1.96 bits per heavy atom. The van der Waals surface area contributed by atoms with Crippen LogP contribution >= 0.6 is 0 Å². The molecule has 0 bridgehead atoms. The maximum atomic E-state index is 13.3. The maximum absolute atomic E-state index is 13.3. The number of ether oxygens (including phenoxy) is 1. The van der Waals surface area contributed by atoms with Crippen LogP contribution in [0.4, 0.5) is 10.2 Å². The molecule has 9 heteroatoms. The maximum Gasteiger partial charge on any atom is 0.343 e. The lowest BCUT2D eigenvalue weighted by Crippen LogP contribution is -2.12. The van der Waals surface area contributed by atoms with Gasteiger partial charge in [-0.1, -0.05) is 12.1 Å². The van der Waals surface area contributed by atoms with Gasteiger partial charge in [0.05, 0.1) is 19.0 Å². The molecule has 0 saturated carbocycles. The quantitative estimate of drug-likeness (QED) is 0.547. The lowest BCUT2D eigenvalue weighted by molar-refractivity contribution is 0.0527. The van der Waals surface area contributed by atoms with Crippen molar-refractivity contribution >= 4 is 17.4 Å². The lowest BCUT2D eigenvalue weighted by atomic mass is 10.1. The zero-order chi connectivity index (χ0) is 19.8. The molecule has 0 radical (unpaired) electrons. The number of carbonyl (C=O) groups excluding carboxylic acids is 1. The first-order valence-electron chi connectivity index (χ1n) is 8.62. The topological polar surface area (TPSA) is 100 Å². The van der Waals surface area contributed by atoms with Gasteiger partial charge in [-0.2, -0.15) is 19.4 Å². The molecule has 0 aliphatic rings. The Labute approximate surface area is 159 Å². The molecule has 0 aliphatic heterocycles. The predicted octanol–water partition coefficient (Wildman–Crippen LogP) is 2.79. The largest absolute Gasteiger partial charge is 0.462 e. The average Bonchev–Trinajstić information content (AvgIpc) is 3.26. The number of halogens is 1. The number of aryl methyl sites for hydroxylation is 1. The molecule has 0 aliphatic carbocycles. The lowest BCUT2D eigenvalue weighted by Gasteiger charge is -2.09. The molecule has 1 aromatic carbocycles. The molecule has 0 atom stereocenters. The SMILES string of the molecule is CCOC(=O)c1cnn(-c2cc(C)nc3c(-c4ccc(F)cc4)cnn23)c1N. The summed E-state index contributed by atoms with van der Waals surface area (Å²) in [7, 11) is 0. The smallest absolute Gasteiger partial charge is 0.343 e. The predicted molar refractivity (Wildman–Crippen MR) is 101 cm³/mol. The zero-order valence-corrected chi connectivity index (χ0v) is 15.3. The fraction of sp³-hybridized carbons (Fsp3) is 0.158. The molecule has 0 spiro atoms. The fourth-order valence-electron chi connectivity index (χ4n) is 2.96. The summed E-state index contributed by atoms with van der Waals surface area (Å²) in [5.74, 6) is -0.199. The molecule has 0 unspecified atom stereocenters. The minimum Gasteiger partial charge on any atom is -0.462 e. The van der Waals surface area contributed by atoms with Crippen LogP contribution in [0.25, 0.3) is 22.6 Å². The molecule has 8 nitrogen and oxygen atoms in total. The molecule has 28 heavy (non-hydrogen) atoms. The summed E-state index contributed by atoms with van der Waals surface area (Å²) in [6, 6.07) is 7.85. The number of esters is 1. The summed E-state index contributed by atoms with van der Waals surface area (Å²) in [4.78, 5) is 16.6. The van der Waals surface area contributed by atoms with Crippen LogP contribution in [0.5, 0.6) is 0 Å². The molecule has 3 heterocycles. The van der Waals surface area contributed by atoms with Gasteiger partial charge in [-0.25, -0.2) is 14.2 Å². The Balaban J connectivity index is 1.88. The van der Waals surface area contributed by atoms with Gasteiger partial charge in [-0.15, -0.1) is 0 Å². The van der Waals surface area contributed by atoms with E-state index >= 15 is 0 Å². The second-order valence-electron chi connectivity index (χ2n) is 6.13. The third-order valence-corrected chi connectivity index (χ3v) is 4.26. The van der Waals surface area contributed by atoms with Crippen molar-refractivity contribution in [2.75, 3.05) is 12.3 Å². The third-order valence-electron chi connectivity index (χ3n) is 4.26. The van der Waals surface area contributed by atoms with Gasteiger partial charge in [0.15, 0.2) is 11.5 Å². The molecule has 0 fully saturated rings. The van der Waals surface area contributed by atoms with Crippen molar-refractivity contribution in [2.45, 2.75) is 13.8 Å². The van der Waals surface area contributed by atoms with E-state index in [-0.39, 0.29) is 23.8 Å². The Hall–Kier alpha value is -3.75. The minimum absolute atomic E-state index is 0.143. The Morgan fingerprint density at radius 3 is 2.68 bits per heavy atom. The Bertz CT molecular complexity index is 1180. The number of hydrogen-bond acceptors (Lipinski definition) is 6. The molecular formula is C19H17FN6O2. The van der Waals surface area contributed by atoms with E-state index in [1.165, 1.54) is 23.0 Å². The number of carbonyl (C=O) groups is 1. The van der Waals surface area contributed by atoms with Crippen molar-refractivity contribution in [3.63, 3.8) is 0 Å². The zero-order valence-electron chi connectivity index (χ0n) is 15.3. The summed E-state index contributed by atoms with van der Waals surface area (Å²) >= 11 is 0. The van der Waals surface area contributed by atoms with Crippen LogP contribution in [-0.4, -0.2) is 37.0 Å². The number of fused-ring (bicyclic) bond motifs is 1. The first-order valence-corrected chi connectivity index (χ1v) is 8.62. The number of hydrogen-bond donors (Lipinski definition) is 1. The number of nitrogens with zero attached hydrogens (tertiary/aromatic N) is 5. The summed E-state index contributed by atoms with van der Waals surface area (Å²) < 4.78 is 21.2. The van der Waals surface area contributed by atoms with Crippen molar-refractivity contribution in [1.82, 2.24) is 24.4 Å². The van der Waals surface area contributed by atoms with Crippen LogP contribution in [0.15, 0.2) is 42.7 Å². The summed E-state index contributed by atoms with van der Waals surface area (Å²) in [5, 5.41) is 8.62. The van der Waals surface area contributed by atoms with Crippen LogP contribution in [0, 0.1) is 12.7 Å². The highest BCUT2D eigenvalue weighted by Gasteiger charge is 2.20. The molecule has 0 saturated heterocycles. The number of nitrogen functional groups attached to an aromatic ring is 1. The van der Waals surface area contributed by atoms with Crippen molar-refractivity contribution < 1.29 is 13.9 Å². The van der Waals surface area contributed by atoms with Crippen LogP contribution < -0.4 is 5.73 Å². The molecule has 4 aromatic rings. The van der Waals surface area contributed by atoms with E-state index in [1.807, 2.05) is 6.92 Å². The van der Waals surface area contributed by atoms with Crippen LogP contribution in [0.2, 0.25) is 0 Å². The molecule has 142 valence electrons. The molecular weight excluding hydrogens is 363 g/mol. The Kier molecular flexibility index (Phi) is 4.26. The molecule has 0 amide bonds. The van der Waals surface area contributed by atoms with Crippen LogP contribution in [-0.2, 0) is 4.74 Å². The third kappa shape index (κ3) is 2.86. The van der Waals surface area contributed by atoms with Gasteiger partial charge in [0.25, 0.3) is 0 Å². The summed E-state index contributed by atoms with van der Waals surface area (Å²) in [6.07, 6.45) is 3.00. The second-order valence-corrected chi connectivity index (χ2v) is 6.13. The van der Waals surface area contributed by atoms with E-state index in [0.717, 1.165) is 11.1 Å². The van der Waals surface area contributed by atoms with E-state index in [1.54, 1.807) is 35.8 Å². The monoisotopic (exact) mass is 380 g/mol. The first kappa shape index (κ1) is 17.7. The first-order chi connectivity index (χ1) is 13.5. The van der Waals surface area contributed by atoms with Crippen LogP contribution in [0.1, 0.15) is 23.0 Å². The van der Waals surface area contributed by atoms with Gasteiger partial charge in [0, 0.05) is 17.3 Å². The molecule has 4 rings (SSSR count). The number of rotatable bonds is 4.